The number of hydrogen-bond donors (Lipinski definition) is 0. The van der Waals surface area contributed by atoms with Crippen molar-refractivity contribution in [2.24, 2.45) is 0 Å². The summed E-state index contributed by atoms with van der Waals surface area (Å²) in [6, 6.07) is 28.6. The number of pyridine rings is 2. The monoisotopic (exact) mass is 514 g/mol. The highest BCUT2D eigenvalue weighted by atomic mass is 32.2. The van der Waals surface area contributed by atoms with Gasteiger partial charge in [-0.05, 0) is 59.9 Å². The van der Waals surface area contributed by atoms with Crippen LogP contribution in [0.4, 0.5) is 0 Å². The fraction of sp³-hybridized carbons (Fsp3) is 0.312. The summed E-state index contributed by atoms with van der Waals surface area (Å²) in [5, 5.41) is 0. The van der Waals surface area contributed by atoms with Crippen LogP contribution in [0.3, 0.4) is 0 Å². The lowest BCUT2D eigenvalue weighted by atomic mass is 10.0. The van der Waals surface area contributed by atoms with Crippen LogP contribution in [0.2, 0.25) is 0 Å². The van der Waals surface area contributed by atoms with Gasteiger partial charge in [-0.1, -0.05) is 60.2 Å². The first-order valence-electron chi connectivity index (χ1n) is 13.0. The Labute approximate surface area is 225 Å². The largest absolute Gasteiger partial charge is 0.204 e. The van der Waals surface area contributed by atoms with E-state index in [9.17, 15) is 0 Å². The molecule has 4 rings (SSSR count). The molecule has 0 fully saturated rings. The van der Waals surface area contributed by atoms with Gasteiger partial charge in [0.2, 0.25) is 0 Å². The molecule has 36 heavy (non-hydrogen) atoms. The molecule has 0 atom stereocenters. The molecule has 0 amide bonds. The summed E-state index contributed by atoms with van der Waals surface area (Å²) in [5.41, 5.74) is 6.82. The average molecular weight is 515 g/mol. The molecule has 0 spiro atoms. The van der Waals surface area contributed by atoms with Crippen LogP contribution in [0.25, 0.3) is 0 Å². The van der Waals surface area contributed by atoms with Gasteiger partial charge in [-0.3, -0.25) is 0 Å². The fourth-order valence-electron chi connectivity index (χ4n) is 4.09. The number of nitrogens with zero attached hydrogens (tertiary/aromatic N) is 2. The Morgan fingerprint density at radius 3 is 1.44 bits per heavy atom. The Kier molecular flexibility index (Phi) is 10.9. The van der Waals surface area contributed by atoms with Gasteiger partial charge in [0.1, 0.15) is 0 Å². The Morgan fingerprint density at radius 2 is 0.944 bits per heavy atom. The number of rotatable bonds is 14. The van der Waals surface area contributed by atoms with Gasteiger partial charge in [0, 0.05) is 24.3 Å². The molecule has 0 N–H and O–H groups in total. The normalized spacial score (nSPS) is 11.0. The van der Waals surface area contributed by atoms with E-state index in [2.05, 4.69) is 143 Å². The van der Waals surface area contributed by atoms with Gasteiger partial charge < -0.3 is 0 Å². The summed E-state index contributed by atoms with van der Waals surface area (Å²) in [7, 11) is 0. The van der Waals surface area contributed by atoms with E-state index in [1.165, 1.54) is 57.2 Å². The highest BCUT2D eigenvalue weighted by molar-refractivity contribution is 8.00. The van der Waals surface area contributed by atoms with Crippen molar-refractivity contribution in [3.63, 3.8) is 0 Å². The molecule has 0 radical (unpaired) electrons. The molecule has 0 saturated heterocycles. The fourth-order valence-corrected chi connectivity index (χ4v) is 6.06. The highest BCUT2D eigenvalue weighted by Crippen LogP contribution is 2.11. The maximum atomic E-state index is 2.31. The van der Waals surface area contributed by atoms with Gasteiger partial charge in [-0.15, -0.1) is 0 Å². The highest BCUT2D eigenvalue weighted by Gasteiger charge is 2.04. The van der Waals surface area contributed by atoms with Crippen molar-refractivity contribution in [2.75, 3.05) is 23.0 Å². The summed E-state index contributed by atoms with van der Waals surface area (Å²) in [4.78, 5) is 0. The molecule has 0 unspecified atom stereocenters. The number of aryl methyl sites for hydroxylation is 3. The third kappa shape index (κ3) is 9.48. The van der Waals surface area contributed by atoms with Crippen molar-refractivity contribution >= 4 is 23.5 Å². The molecule has 2 aromatic heterocycles. The third-order valence-corrected chi connectivity index (χ3v) is 8.36. The molecule has 2 nitrogen and oxygen atoms in total. The average Bonchev–Trinajstić information content (AvgIpc) is 2.91. The van der Waals surface area contributed by atoms with Crippen LogP contribution < -0.4 is 9.13 Å². The number of benzene rings is 2. The van der Waals surface area contributed by atoms with Crippen LogP contribution in [0.5, 0.6) is 0 Å². The second-order valence-corrected chi connectivity index (χ2v) is 11.7. The van der Waals surface area contributed by atoms with E-state index in [1.54, 1.807) is 0 Å². The summed E-state index contributed by atoms with van der Waals surface area (Å²) in [6.45, 7) is 4.30. The van der Waals surface area contributed by atoms with Crippen LogP contribution >= 0.6 is 23.5 Å². The molecule has 0 saturated carbocycles. The van der Waals surface area contributed by atoms with Gasteiger partial charge in [0.15, 0.2) is 37.9 Å². The standard InChI is InChI=1S/C32H38N2S2/c1-28-8-10-30(11-9-28)27-32-14-18-34(19-15-32)21-25-36-23-5-22-35-24-20-33-16-12-31(13-17-33)26-29-6-3-2-4-7-29/h2-4,6-19H,5,20-27H2,1H3/q+2. The molecular formula is C32H38N2S2+2. The summed E-state index contributed by atoms with van der Waals surface area (Å²) < 4.78 is 4.61. The number of aromatic nitrogens is 2. The van der Waals surface area contributed by atoms with Crippen LogP contribution in [-0.4, -0.2) is 23.0 Å². The van der Waals surface area contributed by atoms with Crippen molar-refractivity contribution in [1.29, 1.82) is 0 Å². The zero-order valence-corrected chi connectivity index (χ0v) is 23.0. The van der Waals surface area contributed by atoms with E-state index in [1.807, 2.05) is 0 Å². The zero-order valence-electron chi connectivity index (χ0n) is 21.4. The molecule has 0 bridgehead atoms. The van der Waals surface area contributed by atoms with Crippen molar-refractivity contribution in [1.82, 2.24) is 0 Å². The molecular weight excluding hydrogens is 477 g/mol. The predicted octanol–water partition coefficient (Wildman–Crippen LogP) is 6.31. The van der Waals surface area contributed by atoms with Crippen LogP contribution in [-0.2, 0) is 25.9 Å². The Hall–Kier alpha value is -2.56. The maximum Gasteiger partial charge on any atom is 0.169 e. The van der Waals surface area contributed by atoms with Gasteiger partial charge in [-0.25, -0.2) is 9.13 Å². The minimum Gasteiger partial charge on any atom is -0.204 e. The van der Waals surface area contributed by atoms with Crippen molar-refractivity contribution in [3.8, 4) is 0 Å². The lowest BCUT2D eigenvalue weighted by Crippen LogP contribution is -2.34. The molecule has 4 heteroatoms. The molecule has 186 valence electrons. The maximum absolute atomic E-state index is 2.31. The van der Waals surface area contributed by atoms with E-state index >= 15 is 0 Å². The zero-order chi connectivity index (χ0) is 24.8. The quantitative estimate of drug-likeness (QED) is 0.144. The Morgan fingerprint density at radius 1 is 0.500 bits per heavy atom. The SMILES string of the molecule is Cc1ccc(Cc2cc[n+](CCSCCCSCC[n+]3ccc(Cc4ccccc4)cc3)cc2)cc1. The number of hydrogen-bond acceptors (Lipinski definition) is 2. The predicted molar refractivity (Wildman–Crippen MR) is 156 cm³/mol. The Bertz CT molecular complexity index is 1140. The second kappa shape index (κ2) is 14.9. The van der Waals surface area contributed by atoms with Crippen LogP contribution in [0.15, 0.2) is 104 Å². The molecule has 0 aliphatic rings. The van der Waals surface area contributed by atoms with Gasteiger partial charge >= 0.3 is 0 Å². The first kappa shape index (κ1) is 26.5. The van der Waals surface area contributed by atoms with E-state index in [4.69, 9.17) is 0 Å². The van der Waals surface area contributed by atoms with Crippen molar-refractivity contribution < 1.29 is 9.13 Å². The summed E-state index contributed by atoms with van der Waals surface area (Å²) >= 11 is 4.15. The van der Waals surface area contributed by atoms with Gasteiger partial charge in [-0.2, -0.15) is 23.5 Å². The van der Waals surface area contributed by atoms with E-state index in [-0.39, 0.29) is 0 Å². The first-order chi connectivity index (χ1) is 17.7. The lowest BCUT2D eigenvalue weighted by Gasteiger charge is -2.03. The number of thioether (sulfide) groups is 2. The van der Waals surface area contributed by atoms with E-state index in [0.717, 1.165) is 25.9 Å². The molecule has 2 aromatic carbocycles. The molecule has 4 aromatic rings. The van der Waals surface area contributed by atoms with Crippen LogP contribution in [0, 0.1) is 6.92 Å². The minimum atomic E-state index is 1.01. The topological polar surface area (TPSA) is 7.76 Å². The van der Waals surface area contributed by atoms with E-state index < -0.39 is 0 Å². The lowest BCUT2D eigenvalue weighted by molar-refractivity contribution is -0.692. The smallest absolute Gasteiger partial charge is 0.169 e. The van der Waals surface area contributed by atoms with Gasteiger partial charge in [0.05, 0.1) is 11.5 Å². The molecule has 0 aliphatic heterocycles. The van der Waals surface area contributed by atoms with E-state index in [0.29, 0.717) is 0 Å². The summed E-state index contributed by atoms with van der Waals surface area (Å²) in [6.07, 6.45) is 12.2. The Balaban J connectivity index is 1.02. The summed E-state index contributed by atoms with van der Waals surface area (Å²) in [5.74, 6) is 4.86. The van der Waals surface area contributed by atoms with Gasteiger partial charge in [0.25, 0.3) is 0 Å². The molecule has 2 heterocycles. The second-order valence-electron chi connectivity index (χ2n) is 9.29. The van der Waals surface area contributed by atoms with Crippen LogP contribution in [0.1, 0.15) is 34.2 Å². The first-order valence-corrected chi connectivity index (χ1v) is 15.3. The third-order valence-electron chi connectivity index (χ3n) is 6.27. The molecule has 0 aliphatic carbocycles. The van der Waals surface area contributed by atoms with Crippen molar-refractivity contribution in [2.45, 2.75) is 39.3 Å². The minimum absolute atomic E-state index is 1.01. The van der Waals surface area contributed by atoms with Crippen molar-refractivity contribution in [3.05, 3.63) is 131 Å².